The van der Waals surface area contributed by atoms with Crippen LogP contribution in [0.4, 0.5) is 34.1 Å². The van der Waals surface area contributed by atoms with E-state index < -0.39 is 0 Å². The van der Waals surface area contributed by atoms with Crippen LogP contribution in [0.25, 0.3) is 45.8 Å². The standard InChI is InChI=1S/C54H40N2/c1-3-15-49(16-4-1)55(53-37-31-45-11-7-9-13-47(45)39-53)51-33-27-43(28-34-51)25-23-41-19-21-42(22-20-41)24-26-44-29-35-52(36-30-44)56(50-17-5-2-6-18-50)54-38-32-46-12-8-10-14-48(46)40-54/h1-40H/b25-23+,26-24+. The summed E-state index contributed by atoms with van der Waals surface area (Å²) in [6.45, 7) is 0. The van der Waals surface area contributed by atoms with Gasteiger partial charge in [-0.3, -0.25) is 0 Å². The lowest BCUT2D eigenvalue weighted by Crippen LogP contribution is -2.09. The van der Waals surface area contributed by atoms with E-state index in [9.17, 15) is 0 Å². The average Bonchev–Trinajstić information content (AvgIpc) is 3.27. The molecule has 0 amide bonds. The van der Waals surface area contributed by atoms with Gasteiger partial charge in [-0.05, 0) is 117 Å². The summed E-state index contributed by atoms with van der Waals surface area (Å²) in [7, 11) is 0. The van der Waals surface area contributed by atoms with Crippen LogP contribution in [0.2, 0.25) is 0 Å². The van der Waals surface area contributed by atoms with Gasteiger partial charge < -0.3 is 9.80 Å². The van der Waals surface area contributed by atoms with E-state index >= 15 is 0 Å². The number of hydrogen-bond acceptors (Lipinski definition) is 2. The molecule has 2 heteroatoms. The van der Waals surface area contributed by atoms with Crippen LogP contribution >= 0.6 is 0 Å². The maximum atomic E-state index is 2.31. The summed E-state index contributed by atoms with van der Waals surface area (Å²) in [5, 5.41) is 4.93. The van der Waals surface area contributed by atoms with Crippen LogP contribution in [-0.2, 0) is 0 Å². The lowest BCUT2D eigenvalue weighted by molar-refractivity contribution is 1.29. The van der Waals surface area contributed by atoms with Crippen LogP contribution in [-0.4, -0.2) is 0 Å². The van der Waals surface area contributed by atoms with Crippen molar-refractivity contribution < 1.29 is 0 Å². The molecule has 0 aliphatic rings. The first kappa shape index (κ1) is 34.4. The molecular formula is C54H40N2. The zero-order chi connectivity index (χ0) is 37.5. The topological polar surface area (TPSA) is 6.48 Å². The Hall–Kier alpha value is -7.42. The maximum absolute atomic E-state index is 2.31. The predicted molar refractivity (Wildman–Crippen MR) is 242 cm³/mol. The Balaban J connectivity index is 0.883. The van der Waals surface area contributed by atoms with Gasteiger partial charge in [-0.1, -0.05) is 170 Å². The van der Waals surface area contributed by atoms with Crippen LogP contribution in [0.1, 0.15) is 22.3 Å². The van der Waals surface area contributed by atoms with E-state index in [-0.39, 0.29) is 0 Å². The Bertz CT molecular complexity index is 2570. The van der Waals surface area contributed by atoms with Gasteiger partial charge in [0.2, 0.25) is 0 Å². The monoisotopic (exact) mass is 716 g/mol. The second-order valence-corrected chi connectivity index (χ2v) is 13.9. The highest BCUT2D eigenvalue weighted by molar-refractivity contribution is 5.91. The highest BCUT2D eigenvalue weighted by atomic mass is 15.1. The lowest BCUT2D eigenvalue weighted by atomic mass is 10.1. The summed E-state index contributed by atoms with van der Waals surface area (Å²) in [4.78, 5) is 4.62. The van der Waals surface area contributed by atoms with Gasteiger partial charge in [0.25, 0.3) is 0 Å². The van der Waals surface area contributed by atoms with Gasteiger partial charge in [0.05, 0.1) is 0 Å². The minimum atomic E-state index is 1.12. The summed E-state index contributed by atoms with van der Waals surface area (Å²) in [6.07, 6.45) is 8.70. The molecule has 0 saturated carbocycles. The molecule has 2 nitrogen and oxygen atoms in total. The zero-order valence-corrected chi connectivity index (χ0v) is 31.0. The first-order chi connectivity index (χ1) is 27.7. The summed E-state index contributed by atoms with van der Waals surface area (Å²) >= 11 is 0. The molecule has 0 fully saturated rings. The molecule has 0 unspecified atom stereocenters. The van der Waals surface area contributed by atoms with Crippen molar-refractivity contribution in [1.29, 1.82) is 0 Å². The van der Waals surface area contributed by atoms with E-state index in [1.54, 1.807) is 0 Å². The molecule has 0 aliphatic carbocycles. The Morgan fingerprint density at radius 1 is 0.214 bits per heavy atom. The molecular weight excluding hydrogens is 677 g/mol. The van der Waals surface area contributed by atoms with Gasteiger partial charge in [-0.2, -0.15) is 0 Å². The van der Waals surface area contributed by atoms with Crippen LogP contribution in [0.15, 0.2) is 218 Å². The fourth-order valence-electron chi connectivity index (χ4n) is 7.25. The second kappa shape index (κ2) is 15.9. The Labute approximate surface area is 329 Å². The van der Waals surface area contributed by atoms with Crippen molar-refractivity contribution in [3.63, 3.8) is 0 Å². The Morgan fingerprint density at radius 3 is 0.839 bits per heavy atom. The van der Waals surface area contributed by atoms with Crippen molar-refractivity contribution in [3.05, 3.63) is 241 Å². The fourth-order valence-corrected chi connectivity index (χ4v) is 7.25. The number of para-hydroxylation sites is 2. The van der Waals surface area contributed by atoms with Gasteiger partial charge in [0.15, 0.2) is 0 Å². The molecule has 266 valence electrons. The van der Waals surface area contributed by atoms with E-state index in [1.165, 1.54) is 21.5 Å². The number of fused-ring (bicyclic) bond motifs is 2. The maximum Gasteiger partial charge on any atom is 0.0468 e. The Morgan fingerprint density at radius 2 is 0.482 bits per heavy atom. The molecule has 0 heterocycles. The molecule has 0 saturated heterocycles. The molecule has 0 aliphatic heterocycles. The molecule has 0 spiro atoms. The zero-order valence-electron chi connectivity index (χ0n) is 31.0. The van der Waals surface area contributed by atoms with Crippen molar-refractivity contribution in [1.82, 2.24) is 0 Å². The smallest absolute Gasteiger partial charge is 0.0468 e. The molecule has 0 N–H and O–H groups in total. The summed E-state index contributed by atoms with van der Waals surface area (Å²) in [5.41, 5.74) is 11.4. The first-order valence-electron chi connectivity index (χ1n) is 19.1. The van der Waals surface area contributed by atoms with Crippen LogP contribution in [0.3, 0.4) is 0 Å². The average molecular weight is 717 g/mol. The molecule has 0 atom stereocenters. The normalized spacial score (nSPS) is 11.4. The minimum Gasteiger partial charge on any atom is -0.310 e. The van der Waals surface area contributed by atoms with Crippen molar-refractivity contribution in [2.24, 2.45) is 0 Å². The van der Waals surface area contributed by atoms with Crippen molar-refractivity contribution >= 4 is 80.0 Å². The summed E-state index contributed by atoms with van der Waals surface area (Å²) < 4.78 is 0. The van der Waals surface area contributed by atoms with Crippen molar-refractivity contribution in [2.75, 3.05) is 9.80 Å². The van der Waals surface area contributed by atoms with Gasteiger partial charge in [-0.25, -0.2) is 0 Å². The molecule has 9 aromatic rings. The van der Waals surface area contributed by atoms with Crippen LogP contribution in [0, 0.1) is 0 Å². The van der Waals surface area contributed by atoms with Gasteiger partial charge >= 0.3 is 0 Å². The molecule has 0 radical (unpaired) electrons. The van der Waals surface area contributed by atoms with E-state index in [0.717, 1.165) is 56.4 Å². The Kier molecular flexibility index (Phi) is 9.75. The first-order valence-corrected chi connectivity index (χ1v) is 19.1. The number of nitrogens with zero attached hydrogens (tertiary/aromatic N) is 2. The second-order valence-electron chi connectivity index (χ2n) is 13.9. The SMILES string of the molecule is C(=C\c1ccc(N(c2ccccc2)c2ccc3ccccc3c2)cc1)/c1ccc(/C=C/c2ccc(N(c3ccccc3)c3ccc4ccccc4c3)cc2)cc1. The van der Waals surface area contributed by atoms with Crippen molar-refractivity contribution in [2.45, 2.75) is 0 Å². The van der Waals surface area contributed by atoms with Crippen LogP contribution < -0.4 is 9.80 Å². The number of anilines is 6. The van der Waals surface area contributed by atoms with Gasteiger partial charge in [0.1, 0.15) is 0 Å². The third-order valence-corrected chi connectivity index (χ3v) is 10.2. The number of benzene rings is 9. The quantitative estimate of drug-likeness (QED) is 0.130. The van der Waals surface area contributed by atoms with E-state index in [1.807, 2.05) is 0 Å². The third-order valence-electron chi connectivity index (χ3n) is 10.2. The summed E-state index contributed by atoms with van der Waals surface area (Å²) in [5.74, 6) is 0. The molecule has 0 bridgehead atoms. The number of hydrogen-bond donors (Lipinski definition) is 0. The minimum absolute atomic E-state index is 1.12. The molecule has 9 aromatic carbocycles. The van der Waals surface area contributed by atoms with Gasteiger partial charge in [0, 0.05) is 34.1 Å². The van der Waals surface area contributed by atoms with Crippen LogP contribution in [0.5, 0.6) is 0 Å². The van der Waals surface area contributed by atoms with E-state index in [4.69, 9.17) is 0 Å². The molecule has 9 rings (SSSR count). The fraction of sp³-hybridized carbons (Fsp3) is 0. The number of rotatable bonds is 10. The molecule has 56 heavy (non-hydrogen) atoms. The third kappa shape index (κ3) is 7.64. The highest BCUT2D eigenvalue weighted by Gasteiger charge is 2.14. The predicted octanol–water partition coefficient (Wildman–Crippen LogP) is 15.3. The lowest BCUT2D eigenvalue weighted by Gasteiger charge is -2.26. The summed E-state index contributed by atoms with van der Waals surface area (Å²) in [6, 6.07) is 77.7. The molecule has 0 aromatic heterocycles. The van der Waals surface area contributed by atoms with E-state index in [2.05, 4.69) is 252 Å². The largest absolute Gasteiger partial charge is 0.310 e. The van der Waals surface area contributed by atoms with Gasteiger partial charge in [-0.15, -0.1) is 0 Å². The van der Waals surface area contributed by atoms with E-state index in [0.29, 0.717) is 0 Å². The van der Waals surface area contributed by atoms with Crippen molar-refractivity contribution in [3.8, 4) is 0 Å². The highest BCUT2D eigenvalue weighted by Crippen LogP contribution is 2.37.